The number of rotatable bonds is 4. The Balaban J connectivity index is 1.29. The maximum Gasteiger partial charge on any atom is 0.322 e. The van der Waals surface area contributed by atoms with Crippen molar-refractivity contribution in [2.45, 2.75) is 70.2 Å². The number of fused-ring (bicyclic) bond motifs is 1. The standard InChI is InChI=1S/C25H29F2N3O3/c1-25(2,33)23(31)28-19-7-3-15(4-8-19)16-5-9-20(10-6-16)29-24(32)30-13-17-11-18(26)12-22(27)21(17)14-30/h5-6,9-12,15,19,33H,3-4,7-8,13-14H2,1-2H3,(H,28,31)(H,29,32). The number of hydrogen-bond acceptors (Lipinski definition) is 3. The van der Waals surface area contributed by atoms with Gasteiger partial charge in [-0.05, 0) is 74.8 Å². The van der Waals surface area contributed by atoms with E-state index in [9.17, 15) is 23.5 Å². The highest BCUT2D eigenvalue weighted by atomic mass is 19.1. The molecular formula is C25H29F2N3O3. The van der Waals surface area contributed by atoms with Gasteiger partial charge in [-0.2, -0.15) is 0 Å². The van der Waals surface area contributed by atoms with Crippen molar-refractivity contribution in [3.8, 4) is 0 Å². The summed E-state index contributed by atoms with van der Waals surface area (Å²) in [6.45, 7) is 3.24. The van der Waals surface area contributed by atoms with Crippen molar-refractivity contribution in [1.82, 2.24) is 10.2 Å². The number of amides is 3. The summed E-state index contributed by atoms with van der Waals surface area (Å²) in [6.07, 6.45) is 3.54. The molecule has 0 bridgehead atoms. The third-order valence-electron chi connectivity index (χ3n) is 6.50. The fourth-order valence-electron chi connectivity index (χ4n) is 4.55. The van der Waals surface area contributed by atoms with E-state index in [1.165, 1.54) is 30.4 Å². The predicted octanol–water partition coefficient (Wildman–Crippen LogP) is 4.43. The number of anilines is 1. The summed E-state index contributed by atoms with van der Waals surface area (Å²) in [6, 6.07) is 9.49. The lowest BCUT2D eigenvalue weighted by Gasteiger charge is -2.31. The second kappa shape index (κ2) is 9.09. The van der Waals surface area contributed by atoms with E-state index in [2.05, 4.69) is 10.6 Å². The summed E-state index contributed by atoms with van der Waals surface area (Å²) in [7, 11) is 0. The van der Waals surface area contributed by atoms with E-state index in [1.807, 2.05) is 24.3 Å². The van der Waals surface area contributed by atoms with E-state index in [0.29, 0.717) is 22.7 Å². The van der Waals surface area contributed by atoms with E-state index >= 15 is 0 Å². The Morgan fingerprint density at radius 1 is 1.03 bits per heavy atom. The van der Waals surface area contributed by atoms with Crippen molar-refractivity contribution in [2.24, 2.45) is 0 Å². The molecule has 3 N–H and O–H groups in total. The molecule has 3 amide bonds. The van der Waals surface area contributed by atoms with Crippen LogP contribution in [0.5, 0.6) is 0 Å². The predicted molar refractivity (Wildman–Crippen MR) is 121 cm³/mol. The van der Waals surface area contributed by atoms with Gasteiger partial charge in [0, 0.05) is 29.9 Å². The minimum Gasteiger partial charge on any atom is -0.381 e. The molecule has 4 rings (SSSR count). The highest BCUT2D eigenvalue weighted by Crippen LogP contribution is 2.34. The Hall–Kier alpha value is -3.00. The third-order valence-corrected chi connectivity index (χ3v) is 6.50. The van der Waals surface area contributed by atoms with Crippen LogP contribution in [0.4, 0.5) is 19.3 Å². The van der Waals surface area contributed by atoms with Crippen LogP contribution in [-0.2, 0) is 17.9 Å². The van der Waals surface area contributed by atoms with E-state index in [-0.39, 0.29) is 31.1 Å². The van der Waals surface area contributed by atoms with Crippen LogP contribution in [0, 0.1) is 11.6 Å². The molecule has 176 valence electrons. The normalized spacial score (nSPS) is 20.3. The molecule has 0 unspecified atom stereocenters. The van der Waals surface area contributed by atoms with Gasteiger partial charge < -0.3 is 20.6 Å². The monoisotopic (exact) mass is 457 g/mol. The minimum atomic E-state index is -1.38. The molecule has 6 nitrogen and oxygen atoms in total. The van der Waals surface area contributed by atoms with Crippen LogP contribution in [0.1, 0.15) is 62.1 Å². The average molecular weight is 458 g/mol. The quantitative estimate of drug-likeness (QED) is 0.636. The largest absolute Gasteiger partial charge is 0.381 e. The molecule has 0 atom stereocenters. The molecule has 1 fully saturated rings. The summed E-state index contributed by atoms with van der Waals surface area (Å²) in [5, 5.41) is 15.5. The molecular weight excluding hydrogens is 428 g/mol. The van der Waals surface area contributed by atoms with Crippen LogP contribution in [0.15, 0.2) is 36.4 Å². The number of hydrogen-bond donors (Lipinski definition) is 3. The molecule has 1 saturated carbocycles. The molecule has 1 heterocycles. The van der Waals surface area contributed by atoms with Crippen LogP contribution < -0.4 is 10.6 Å². The number of benzene rings is 2. The smallest absolute Gasteiger partial charge is 0.322 e. The number of carbonyl (C=O) groups is 2. The van der Waals surface area contributed by atoms with Gasteiger partial charge in [0.15, 0.2) is 0 Å². The fraction of sp³-hybridized carbons (Fsp3) is 0.440. The Labute approximate surface area is 192 Å². The fourth-order valence-corrected chi connectivity index (χ4v) is 4.55. The molecule has 8 heteroatoms. The van der Waals surface area contributed by atoms with Gasteiger partial charge in [-0.25, -0.2) is 13.6 Å². The molecule has 0 radical (unpaired) electrons. The van der Waals surface area contributed by atoms with Crippen LogP contribution in [0.2, 0.25) is 0 Å². The Morgan fingerprint density at radius 3 is 2.33 bits per heavy atom. The second-order valence-electron chi connectivity index (χ2n) is 9.51. The third kappa shape index (κ3) is 5.33. The zero-order valence-corrected chi connectivity index (χ0v) is 18.8. The van der Waals surface area contributed by atoms with Crippen molar-refractivity contribution in [2.75, 3.05) is 5.32 Å². The molecule has 2 aliphatic rings. The molecule has 0 saturated heterocycles. The van der Waals surface area contributed by atoms with Gasteiger partial charge in [-0.1, -0.05) is 12.1 Å². The van der Waals surface area contributed by atoms with Gasteiger partial charge in [0.1, 0.15) is 17.2 Å². The van der Waals surface area contributed by atoms with Crippen LogP contribution in [0.25, 0.3) is 0 Å². The van der Waals surface area contributed by atoms with E-state index in [0.717, 1.165) is 31.7 Å². The first-order valence-electron chi connectivity index (χ1n) is 11.3. The van der Waals surface area contributed by atoms with E-state index in [1.54, 1.807) is 0 Å². The highest BCUT2D eigenvalue weighted by Gasteiger charge is 2.29. The minimum absolute atomic E-state index is 0.0710. The number of carbonyl (C=O) groups excluding carboxylic acids is 2. The van der Waals surface area contributed by atoms with Gasteiger partial charge in [0.05, 0.1) is 6.54 Å². The van der Waals surface area contributed by atoms with Crippen molar-refractivity contribution >= 4 is 17.6 Å². The SMILES string of the molecule is CC(C)(O)C(=O)NC1CCC(c2ccc(NC(=O)N3Cc4cc(F)cc(F)c4C3)cc2)CC1. The molecule has 0 spiro atoms. The van der Waals surface area contributed by atoms with Crippen molar-refractivity contribution in [3.63, 3.8) is 0 Å². The molecule has 1 aliphatic heterocycles. The van der Waals surface area contributed by atoms with Gasteiger partial charge >= 0.3 is 6.03 Å². The van der Waals surface area contributed by atoms with E-state index in [4.69, 9.17) is 0 Å². The van der Waals surface area contributed by atoms with Gasteiger partial charge in [0.25, 0.3) is 5.91 Å². The number of aliphatic hydroxyl groups is 1. The van der Waals surface area contributed by atoms with Crippen LogP contribution in [-0.4, -0.2) is 33.6 Å². The first-order chi connectivity index (χ1) is 15.6. The highest BCUT2D eigenvalue weighted by molar-refractivity contribution is 5.89. The molecule has 2 aromatic rings. The van der Waals surface area contributed by atoms with Crippen LogP contribution in [0.3, 0.4) is 0 Å². The Bertz CT molecular complexity index is 1040. The topological polar surface area (TPSA) is 81.7 Å². The first kappa shape index (κ1) is 23.2. The maximum absolute atomic E-state index is 13.9. The first-order valence-corrected chi connectivity index (χ1v) is 11.3. The zero-order valence-electron chi connectivity index (χ0n) is 18.8. The number of halogens is 2. The van der Waals surface area contributed by atoms with E-state index < -0.39 is 17.2 Å². The summed E-state index contributed by atoms with van der Waals surface area (Å²) in [5.41, 5.74) is 1.28. The lowest BCUT2D eigenvalue weighted by molar-refractivity contribution is -0.137. The molecule has 1 aliphatic carbocycles. The average Bonchev–Trinajstić information content (AvgIpc) is 3.19. The molecule has 2 aromatic carbocycles. The second-order valence-corrected chi connectivity index (χ2v) is 9.51. The van der Waals surface area contributed by atoms with Crippen molar-refractivity contribution in [1.29, 1.82) is 0 Å². The molecule has 0 aromatic heterocycles. The maximum atomic E-state index is 13.9. The van der Waals surface area contributed by atoms with Gasteiger partial charge in [-0.15, -0.1) is 0 Å². The Morgan fingerprint density at radius 2 is 1.70 bits per heavy atom. The van der Waals surface area contributed by atoms with Crippen molar-refractivity contribution < 1.29 is 23.5 Å². The number of urea groups is 1. The molecule has 33 heavy (non-hydrogen) atoms. The summed E-state index contributed by atoms with van der Waals surface area (Å²) in [4.78, 5) is 26.0. The number of nitrogens with one attached hydrogen (secondary N) is 2. The summed E-state index contributed by atoms with van der Waals surface area (Å²) < 4.78 is 27.4. The van der Waals surface area contributed by atoms with Crippen LogP contribution >= 0.6 is 0 Å². The lowest BCUT2D eigenvalue weighted by atomic mass is 9.81. The number of nitrogens with zero attached hydrogens (tertiary/aromatic N) is 1. The summed E-state index contributed by atoms with van der Waals surface area (Å²) in [5.74, 6) is -1.24. The lowest BCUT2D eigenvalue weighted by Crippen LogP contribution is -2.47. The summed E-state index contributed by atoms with van der Waals surface area (Å²) >= 11 is 0. The zero-order chi connectivity index (χ0) is 23.8. The Kier molecular flexibility index (Phi) is 6.38. The van der Waals surface area contributed by atoms with Gasteiger partial charge in [0.2, 0.25) is 0 Å². The van der Waals surface area contributed by atoms with Gasteiger partial charge in [-0.3, -0.25) is 4.79 Å². The van der Waals surface area contributed by atoms with Crippen molar-refractivity contribution in [3.05, 3.63) is 64.7 Å².